The molecule has 2 unspecified atom stereocenters. The van der Waals surface area contributed by atoms with Crippen LogP contribution in [0, 0.1) is 19.8 Å². The van der Waals surface area contributed by atoms with Crippen LogP contribution in [0.2, 0.25) is 0 Å². The monoisotopic (exact) mass is 567 g/mol. The van der Waals surface area contributed by atoms with E-state index >= 15 is 0 Å². The smallest absolute Gasteiger partial charge is 0.329 e. The molecule has 0 spiro atoms. The number of aromatic nitrogens is 7. The lowest BCUT2D eigenvalue weighted by Gasteiger charge is -2.17. The first-order valence-electron chi connectivity index (χ1n) is 13.9. The molecule has 5 heterocycles. The number of rotatable bonds is 8. The molecule has 3 aliphatic rings. The van der Waals surface area contributed by atoms with E-state index in [-0.39, 0.29) is 36.1 Å². The maximum Gasteiger partial charge on any atom is 0.329 e. The molecule has 14 heteroatoms. The Bertz CT molecular complexity index is 1770. The van der Waals surface area contributed by atoms with Crippen LogP contribution in [-0.2, 0) is 16.1 Å². The first-order valence-corrected chi connectivity index (χ1v) is 13.9. The molecule has 14 nitrogen and oxygen atoms in total. The van der Waals surface area contributed by atoms with Crippen molar-refractivity contribution >= 4 is 41.1 Å². The second-order valence-electron chi connectivity index (χ2n) is 11.2. The van der Waals surface area contributed by atoms with Gasteiger partial charge in [0.15, 0.2) is 5.65 Å². The molecule has 1 saturated heterocycles. The zero-order valence-corrected chi connectivity index (χ0v) is 23.4. The van der Waals surface area contributed by atoms with Crippen molar-refractivity contribution in [2.24, 2.45) is 5.92 Å². The van der Waals surface area contributed by atoms with E-state index < -0.39 is 6.03 Å². The van der Waals surface area contributed by atoms with Gasteiger partial charge in [0.2, 0.25) is 23.7 Å². The Labute approximate surface area is 240 Å². The fourth-order valence-electron chi connectivity index (χ4n) is 5.33. The number of carbonyl (C=O) groups excluding carboxylic acids is 3. The maximum absolute atomic E-state index is 12.9. The van der Waals surface area contributed by atoms with Gasteiger partial charge in [-0.3, -0.25) is 25.1 Å². The SMILES string of the molecule is Cc1ccnc(C2CC2C(=O)Nc2nc(C)nc(N(C)Cc3cn4cc(C5CC5)cc(N5CC(=O)NC5=O)c4n3)n2)n1. The lowest BCUT2D eigenvalue weighted by molar-refractivity contribution is -0.118. The minimum absolute atomic E-state index is 0.0138. The first-order chi connectivity index (χ1) is 20.2. The van der Waals surface area contributed by atoms with Crippen LogP contribution in [0.15, 0.2) is 30.7 Å². The number of hydrogen-bond acceptors (Lipinski definition) is 10. The van der Waals surface area contributed by atoms with Gasteiger partial charge in [-0.2, -0.15) is 15.0 Å². The molecule has 2 aliphatic carbocycles. The van der Waals surface area contributed by atoms with Crippen LogP contribution in [0.1, 0.15) is 59.7 Å². The molecule has 42 heavy (non-hydrogen) atoms. The predicted molar refractivity (Wildman–Crippen MR) is 151 cm³/mol. The molecule has 1 aliphatic heterocycles. The molecule has 2 atom stereocenters. The fraction of sp³-hybridized carbons (Fsp3) is 0.393. The number of fused-ring (bicyclic) bond motifs is 1. The van der Waals surface area contributed by atoms with Crippen molar-refractivity contribution in [3.05, 3.63) is 59.3 Å². The van der Waals surface area contributed by atoms with E-state index in [1.807, 2.05) is 47.8 Å². The molecule has 214 valence electrons. The summed E-state index contributed by atoms with van der Waals surface area (Å²) < 4.78 is 1.91. The number of amides is 4. The lowest BCUT2D eigenvalue weighted by atomic mass is 10.1. The van der Waals surface area contributed by atoms with Crippen LogP contribution in [-0.4, -0.2) is 65.7 Å². The van der Waals surface area contributed by atoms with Gasteiger partial charge in [0.05, 0.1) is 17.9 Å². The average Bonchev–Trinajstić information content (AvgIpc) is 3.86. The van der Waals surface area contributed by atoms with E-state index in [2.05, 4.69) is 35.6 Å². The molecule has 0 radical (unpaired) electrons. The number of urea groups is 1. The summed E-state index contributed by atoms with van der Waals surface area (Å²) in [4.78, 5) is 67.4. The summed E-state index contributed by atoms with van der Waals surface area (Å²) in [5.74, 6) is 1.40. The predicted octanol–water partition coefficient (Wildman–Crippen LogP) is 2.24. The van der Waals surface area contributed by atoms with Gasteiger partial charge in [-0.05, 0) is 56.7 Å². The Morgan fingerprint density at radius 2 is 1.95 bits per heavy atom. The Hall–Kier alpha value is -5.01. The second-order valence-corrected chi connectivity index (χ2v) is 11.2. The van der Waals surface area contributed by atoms with E-state index in [4.69, 9.17) is 4.98 Å². The quantitative estimate of drug-likeness (QED) is 0.302. The van der Waals surface area contributed by atoms with E-state index in [1.54, 1.807) is 13.1 Å². The van der Waals surface area contributed by atoms with Crippen LogP contribution in [0.3, 0.4) is 0 Å². The highest BCUT2D eigenvalue weighted by Crippen LogP contribution is 2.46. The maximum atomic E-state index is 12.9. The number of nitrogens with one attached hydrogen (secondary N) is 2. The summed E-state index contributed by atoms with van der Waals surface area (Å²) in [6.07, 6.45) is 8.53. The zero-order chi connectivity index (χ0) is 29.1. The topological polar surface area (TPSA) is 163 Å². The van der Waals surface area contributed by atoms with Gasteiger partial charge >= 0.3 is 6.03 Å². The van der Waals surface area contributed by atoms with Gasteiger partial charge in [0.1, 0.15) is 18.2 Å². The number of hydrogen-bond donors (Lipinski definition) is 2. The molecule has 4 aromatic rings. The summed E-state index contributed by atoms with van der Waals surface area (Å²) in [5, 5.41) is 5.18. The summed E-state index contributed by atoms with van der Waals surface area (Å²) in [6.45, 7) is 3.97. The van der Waals surface area contributed by atoms with Gasteiger partial charge in [-0.1, -0.05) is 0 Å². The van der Waals surface area contributed by atoms with Crippen LogP contribution in [0.5, 0.6) is 0 Å². The number of imide groups is 1. The van der Waals surface area contributed by atoms with E-state index in [0.717, 1.165) is 29.8 Å². The molecule has 0 bridgehead atoms. The van der Waals surface area contributed by atoms with E-state index in [1.165, 1.54) is 4.90 Å². The highest BCUT2D eigenvalue weighted by Gasteiger charge is 2.46. The molecular weight excluding hydrogens is 538 g/mol. The van der Waals surface area contributed by atoms with E-state index in [0.29, 0.717) is 47.8 Å². The lowest BCUT2D eigenvalue weighted by Crippen LogP contribution is -2.28. The minimum atomic E-state index is -0.448. The minimum Gasteiger partial charge on any atom is -0.338 e. The first kappa shape index (κ1) is 25.9. The van der Waals surface area contributed by atoms with E-state index in [9.17, 15) is 14.4 Å². The normalized spacial score (nSPS) is 19.7. The Balaban J connectivity index is 1.09. The van der Waals surface area contributed by atoms with Crippen LogP contribution < -0.4 is 20.4 Å². The molecule has 4 amide bonds. The van der Waals surface area contributed by atoms with Crippen LogP contribution >= 0.6 is 0 Å². The van der Waals surface area contributed by atoms with Crippen molar-refractivity contribution in [3.8, 4) is 0 Å². The molecule has 2 N–H and O–H groups in total. The Morgan fingerprint density at radius 3 is 2.69 bits per heavy atom. The third kappa shape index (κ3) is 4.99. The van der Waals surface area contributed by atoms with Crippen molar-refractivity contribution in [1.29, 1.82) is 0 Å². The van der Waals surface area contributed by atoms with Crippen LogP contribution in [0.25, 0.3) is 5.65 Å². The van der Waals surface area contributed by atoms with Gasteiger partial charge in [-0.25, -0.2) is 19.7 Å². The largest absolute Gasteiger partial charge is 0.338 e. The number of imidazole rings is 1. The van der Waals surface area contributed by atoms with Gasteiger partial charge in [0.25, 0.3) is 0 Å². The molecule has 2 saturated carbocycles. The Kier molecular flexibility index (Phi) is 6.06. The summed E-state index contributed by atoms with van der Waals surface area (Å²) in [6, 6.07) is 3.35. The zero-order valence-electron chi connectivity index (χ0n) is 23.4. The highest BCUT2D eigenvalue weighted by atomic mass is 16.2. The van der Waals surface area contributed by atoms with Crippen LogP contribution in [0.4, 0.5) is 22.4 Å². The van der Waals surface area contributed by atoms with Crippen molar-refractivity contribution < 1.29 is 14.4 Å². The van der Waals surface area contributed by atoms with Crippen molar-refractivity contribution in [3.63, 3.8) is 0 Å². The summed E-state index contributed by atoms with van der Waals surface area (Å²) >= 11 is 0. The third-order valence-electron chi connectivity index (χ3n) is 7.72. The van der Waals surface area contributed by atoms with Gasteiger partial charge in [-0.15, -0.1) is 0 Å². The highest BCUT2D eigenvalue weighted by molar-refractivity contribution is 6.13. The number of anilines is 3. The number of carbonyl (C=O) groups is 3. The third-order valence-corrected chi connectivity index (χ3v) is 7.72. The molecule has 7 rings (SSSR count). The number of nitrogens with zero attached hydrogens (tertiary/aromatic N) is 9. The molecular formula is C28H29N11O3. The second kappa shape index (κ2) is 9.82. The fourth-order valence-corrected chi connectivity index (χ4v) is 5.33. The molecule has 0 aromatic carbocycles. The van der Waals surface area contributed by atoms with Gasteiger partial charge in [0, 0.05) is 43.2 Å². The number of pyridine rings is 1. The van der Waals surface area contributed by atoms with Crippen molar-refractivity contribution in [2.45, 2.75) is 51.5 Å². The summed E-state index contributed by atoms with van der Waals surface area (Å²) in [5.41, 5.74) is 3.90. The molecule has 4 aromatic heterocycles. The van der Waals surface area contributed by atoms with Gasteiger partial charge < -0.3 is 9.30 Å². The van der Waals surface area contributed by atoms with Crippen molar-refractivity contribution in [1.82, 2.24) is 39.6 Å². The van der Waals surface area contributed by atoms with Crippen molar-refractivity contribution in [2.75, 3.05) is 28.7 Å². The molecule has 3 fully saturated rings. The standard InChI is InChI=1S/C28H29N11O3/c1-14-6-7-29-23(30-14)19-9-20(19)25(41)35-26-31-15(2)32-27(36-26)37(3)11-18-12-38-10-17(16-4-5-16)8-21(24(38)33-18)39-13-22(40)34-28(39)42/h6-8,10,12,16,19-20H,4-5,9,11,13H2,1-3H3,(H,34,40,42)(H,31,32,35,36,41). The number of aryl methyl sites for hydroxylation is 2. The Morgan fingerprint density at radius 1 is 1.12 bits per heavy atom. The average molecular weight is 568 g/mol. The summed E-state index contributed by atoms with van der Waals surface area (Å²) in [7, 11) is 1.83.